The van der Waals surface area contributed by atoms with Crippen LogP contribution in [0.5, 0.6) is 0 Å². The van der Waals surface area contributed by atoms with Crippen LogP contribution in [0.2, 0.25) is 0 Å². The summed E-state index contributed by atoms with van der Waals surface area (Å²) in [7, 11) is 0. The number of carboxylic acids is 1. The highest BCUT2D eigenvalue weighted by Gasteiger charge is 2.34. The molecule has 2 amide bonds. The summed E-state index contributed by atoms with van der Waals surface area (Å²) in [5.41, 5.74) is 2.37. The fourth-order valence-electron chi connectivity index (χ4n) is 3.71. The second kappa shape index (κ2) is 16.0. The average Bonchev–Trinajstić information content (AvgIpc) is 2.85. The van der Waals surface area contributed by atoms with Gasteiger partial charge in [-0.25, -0.2) is 4.79 Å². The van der Waals surface area contributed by atoms with Crippen molar-refractivity contribution in [3.63, 3.8) is 0 Å². The molecule has 1 rings (SSSR count). The molecule has 3 unspecified atom stereocenters. The first-order chi connectivity index (χ1) is 18.1. The van der Waals surface area contributed by atoms with E-state index < -0.39 is 41.4 Å². The van der Waals surface area contributed by atoms with Gasteiger partial charge in [0.1, 0.15) is 0 Å². The van der Waals surface area contributed by atoms with Crippen LogP contribution < -0.4 is 10.6 Å². The number of allylic oxidation sites excluding steroid dienone is 1. The van der Waals surface area contributed by atoms with Crippen LogP contribution in [0.1, 0.15) is 70.6 Å². The zero-order chi connectivity index (χ0) is 29.8. The quantitative estimate of drug-likeness (QED) is 0.184. The summed E-state index contributed by atoms with van der Waals surface area (Å²) in [4.78, 5) is 48.0. The molecule has 218 valence electrons. The van der Waals surface area contributed by atoms with E-state index in [1.165, 1.54) is 17.2 Å². The predicted octanol–water partition coefficient (Wildman–Crippen LogP) is 3.48. The standard InChI is InChI=1S/C30H46N2O7/c1-19(2)14-25(28(36)37)39-29(38)30(6,7)18-32-27(35)17-31-26(34)11-9-8-10-21(4)24(33)16-23-13-12-20(3)22(5)15-23/h9,11-13,15,19,21,24-25,33H,8,10,14,16-18H2,1-7H3,(H,31,34)(H,32,35)(H,36,37)/b11-9+. The van der Waals surface area contributed by atoms with Gasteiger partial charge in [-0.15, -0.1) is 0 Å². The number of aliphatic hydroxyl groups is 1. The maximum absolute atomic E-state index is 12.5. The van der Waals surface area contributed by atoms with Crippen molar-refractivity contribution in [2.75, 3.05) is 13.1 Å². The van der Waals surface area contributed by atoms with Gasteiger partial charge in [0.05, 0.1) is 18.1 Å². The number of esters is 1. The Bertz CT molecular complexity index is 1020. The topological polar surface area (TPSA) is 142 Å². The smallest absolute Gasteiger partial charge is 0.345 e. The van der Waals surface area contributed by atoms with Crippen LogP contribution in [-0.4, -0.2) is 59.3 Å². The SMILES string of the molecule is Cc1ccc(CC(O)C(C)CC/C=C/C(=O)NCC(=O)NCC(C)(C)C(=O)OC(CC(C)C)C(=O)O)cc1C. The largest absolute Gasteiger partial charge is 0.479 e. The van der Waals surface area contributed by atoms with Crippen LogP contribution in [0, 0.1) is 31.1 Å². The number of nitrogens with one attached hydrogen (secondary N) is 2. The lowest BCUT2D eigenvalue weighted by atomic mass is 9.92. The van der Waals surface area contributed by atoms with Gasteiger partial charge in [0.15, 0.2) is 6.10 Å². The third-order valence-electron chi connectivity index (χ3n) is 6.64. The van der Waals surface area contributed by atoms with Crippen molar-refractivity contribution in [1.29, 1.82) is 0 Å². The second-order valence-corrected chi connectivity index (χ2v) is 11.4. The maximum Gasteiger partial charge on any atom is 0.345 e. The molecule has 9 heteroatoms. The van der Waals surface area contributed by atoms with Gasteiger partial charge >= 0.3 is 11.9 Å². The number of carbonyl (C=O) groups is 4. The number of benzene rings is 1. The summed E-state index contributed by atoms with van der Waals surface area (Å²) in [6.07, 6.45) is 3.42. The summed E-state index contributed by atoms with van der Waals surface area (Å²) < 4.78 is 5.16. The zero-order valence-electron chi connectivity index (χ0n) is 24.4. The molecule has 0 aliphatic rings. The number of aliphatic hydroxyl groups excluding tert-OH is 1. The molecule has 1 aromatic carbocycles. The lowest BCUT2D eigenvalue weighted by Gasteiger charge is -2.25. The summed E-state index contributed by atoms with van der Waals surface area (Å²) in [5, 5.41) is 24.9. The van der Waals surface area contributed by atoms with Gasteiger partial charge in [0, 0.05) is 6.54 Å². The molecular formula is C30H46N2O7. The van der Waals surface area contributed by atoms with E-state index in [0.717, 1.165) is 5.56 Å². The Kier molecular flexibility index (Phi) is 13.9. The number of rotatable bonds is 16. The molecule has 0 bridgehead atoms. The summed E-state index contributed by atoms with van der Waals surface area (Å²) >= 11 is 0. The molecule has 0 aliphatic heterocycles. The summed E-state index contributed by atoms with van der Waals surface area (Å²) in [6, 6.07) is 6.19. The first kappa shape index (κ1) is 33.8. The Morgan fingerprint density at radius 2 is 1.72 bits per heavy atom. The Morgan fingerprint density at radius 1 is 1.05 bits per heavy atom. The number of carbonyl (C=O) groups excluding carboxylic acids is 3. The molecule has 0 saturated heterocycles. The number of hydrogen-bond donors (Lipinski definition) is 4. The maximum atomic E-state index is 12.5. The van der Waals surface area contributed by atoms with Crippen molar-refractivity contribution < 1.29 is 34.1 Å². The molecule has 39 heavy (non-hydrogen) atoms. The highest BCUT2D eigenvalue weighted by molar-refractivity contribution is 5.91. The van der Waals surface area contributed by atoms with Crippen LogP contribution in [-0.2, 0) is 30.3 Å². The van der Waals surface area contributed by atoms with E-state index in [-0.39, 0.29) is 31.3 Å². The third kappa shape index (κ3) is 12.9. The monoisotopic (exact) mass is 546 g/mol. The van der Waals surface area contributed by atoms with Gasteiger partial charge in [0.25, 0.3) is 0 Å². The van der Waals surface area contributed by atoms with E-state index >= 15 is 0 Å². The first-order valence-corrected chi connectivity index (χ1v) is 13.5. The molecule has 0 saturated carbocycles. The number of aliphatic carboxylic acids is 1. The van der Waals surface area contributed by atoms with Crippen molar-refractivity contribution in [1.82, 2.24) is 10.6 Å². The number of amides is 2. The molecular weight excluding hydrogens is 500 g/mol. The highest BCUT2D eigenvalue weighted by Crippen LogP contribution is 2.20. The Labute approximate surface area is 232 Å². The number of hydrogen-bond acceptors (Lipinski definition) is 6. The van der Waals surface area contributed by atoms with Crippen molar-refractivity contribution in [2.24, 2.45) is 17.3 Å². The van der Waals surface area contributed by atoms with Crippen LogP contribution in [0.25, 0.3) is 0 Å². The lowest BCUT2D eigenvalue weighted by molar-refractivity contribution is -0.171. The van der Waals surface area contributed by atoms with E-state index in [1.54, 1.807) is 19.9 Å². The minimum Gasteiger partial charge on any atom is -0.479 e. The van der Waals surface area contributed by atoms with Crippen LogP contribution in [0.15, 0.2) is 30.4 Å². The number of aryl methyl sites for hydroxylation is 2. The van der Waals surface area contributed by atoms with Crippen molar-refractivity contribution in [2.45, 2.75) is 86.4 Å². The van der Waals surface area contributed by atoms with Gasteiger partial charge in [-0.1, -0.05) is 45.0 Å². The Morgan fingerprint density at radius 3 is 2.31 bits per heavy atom. The van der Waals surface area contributed by atoms with E-state index in [9.17, 15) is 29.4 Å². The molecule has 4 N–H and O–H groups in total. The summed E-state index contributed by atoms with van der Waals surface area (Å²) in [6.45, 7) is 12.5. The van der Waals surface area contributed by atoms with E-state index in [1.807, 2.05) is 26.8 Å². The fraction of sp³-hybridized carbons (Fsp3) is 0.600. The number of ether oxygens (including phenoxy) is 1. The van der Waals surface area contributed by atoms with E-state index in [0.29, 0.717) is 19.3 Å². The third-order valence-corrected chi connectivity index (χ3v) is 6.64. The molecule has 0 spiro atoms. The molecule has 0 heterocycles. The van der Waals surface area contributed by atoms with Crippen molar-refractivity contribution in [3.8, 4) is 0 Å². The fourth-order valence-corrected chi connectivity index (χ4v) is 3.71. The normalized spacial score (nSPS) is 14.1. The van der Waals surface area contributed by atoms with Gasteiger partial charge < -0.3 is 25.6 Å². The second-order valence-electron chi connectivity index (χ2n) is 11.4. The van der Waals surface area contributed by atoms with Gasteiger partial charge in [-0.05, 0) is 88.0 Å². The molecule has 9 nitrogen and oxygen atoms in total. The number of carboxylic acid groups (broad SMARTS) is 1. The average molecular weight is 547 g/mol. The van der Waals surface area contributed by atoms with E-state index in [2.05, 4.69) is 36.6 Å². The summed E-state index contributed by atoms with van der Waals surface area (Å²) in [5.74, 6) is -2.77. The van der Waals surface area contributed by atoms with Gasteiger partial charge in [0.2, 0.25) is 11.8 Å². The molecule has 0 radical (unpaired) electrons. The lowest BCUT2D eigenvalue weighted by Crippen LogP contribution is -2.45. The Hall–Kier alpha value is -3.20. The van der Waals surface area contributed by atoms with Crippen molar-refractivity contribution in [3.05, 3.63) is 47.0 Å². The highest BCUT2D eigenvalue weighted by atomic mass is 16.6. The first-order valence-electron chi connectivity index (χ1n) is 13.5. The molecule has 3 atom stereocenters. The molecule has 1 aromatic rings. The minimum absolute atomic E-state index is 0.0304. The Balaban J connectivity index is 2.37. The van der Waals surface area contributed by atoms with Gasteiger partial charge in [-0.3, -0.25) is 14.4 Å². The van der Waals surface area contributed by atoms with Crippen LogP contribution in [0.4, 0.5) is 0 Å². The van der Waals surface area contributed by atoms with Crippen LogP contribution >= 0.6 is 0 Å². The van der Waals surface area contributed by atoms with Gasteiger partial charge in [-0.2, -0.15) is 0 Å². The van der Waals surface area contributed by atoms with Crippen LogP contribution in [0.3, 0.4) is 0 Å². The molecule has 0 aliphatic carbocycles. The molecule has 0 aromatic heterocycles. The zero-order valence-corrected chi connectivity index (χ0v) is 24.4. The van der Waals surface area contributed by atoms with E-state index in [4.69, 9.17) is 4.74 Å². The minimum atomic E-state index is -1.25. The molecule has 0 fully saturated rings. The van der Waals surface area contributed by atoms with Crippen molar-refractivity contribution >= 4 is 23.8 Å². The predicted molar refractivity (Wildman–Crippen MR) is 150 cm³/mol.